The maximum Gasteiger partial charge on any atom is 0.220 e. The molecule has 0 saturated heterocycles. The molecule has 9 aromatic carbocycles. The van der Waals surface area contributed by atoms with Crippen molar-refractivity contribution >= 4 is 27.8 Å². The van der Waals surface area contributed by atoms with Crippen LogP contribution in [0, 0.1) is 6.85 Å². The van der Waals surface area contributed by atoms with Gasteiger partial charge in [-0.1, -0.05) is 188 Å². The van der Waals surface area contributed by atoms with Crippen LogP contribution in [0.4, 0.5) is 0 Å². The molecule has 3 nitrogen and oxygen atoms in total. The van der Waals surface area contributed by atoms with Crippen molar-refractivity contribution in [3.05, 3.63) is 224 Å². The molecule has 0 amide bonds. The van der Waals surface area contributed by atoms with Gasteiger partial charge in [0.1, 0.15) is 0 Å². The molecule has 2 heterocycles. The molecular weight excluding hydrogens is 715 g/mol. The summed E-state index contributed by atoms with van der Waals surface area (Å²) < 4.78 is 29.4. The number of benzene rings is 9. The van der Waals surface area contributed by atoms with Gasteiger partial charge in [-0.2, -0.15) is 0 Å². The van der Waals surface area contributed by atoms with Crippen molar-refractivity contribution in [2.24, 2.45) is 0 Å². The first-order valence-corrected chi connectivity index (χ1v) is 20.0. The molecule has 0 atom stereocenters. The van der Waals surface area contributed by atoms with Crippen molar-refractivity contribution in [3.8, 4) is 72.4 Å². The van der Waals surface area contributed by atoms with Gasteiger partial charge in [-0.3, -0.25) is 8.97 Å². The topological polar surface area (TPSA) is 22.2 Å². The lowest BCUT2D eigenvalue weighted by molar-refractivity contribution is 1.11. The van der Waals surface area contributed by atoms with Gasteiger partial charge in [-0.05, 0) is 110 Å². The van der Waals surface area contributed by atoms with Crippen LogP contribution in [0.1, 0.15) is 9.68 Å². The summed E-state index contributed by atoms with van der Waals surface area (Å²) in [7, 11) is 0. The van der Waals surface area contributed by atoms with Crippen LogP contribution in [0.5, 0.6) is 0 Å². The van der Waals surface area contributed by atoms with E-state index in [1.54, 1.807) is 6.07 Å². The third-order valence-corrected chi connectivity index (χ3v) is 11.4. The zero-order chi connectivity index (χ0) is 41.8. The molecule has 0 aliphatic rings. The molecule has 11 rings (SSSR count). The zero-order valence-corrected chi connectivity index (χ0v) is 32.1. The van der Waals surface area contributed by atoms with Crippen molar-refractivity contribution < 1.29 is 4.11 Å². The maximum atomic E-state index is 8.37. The largest absolute Gasteiger partial charge is 0.278 e. The molecule has 0 spiro atoms. The van der Waals surface area contributed by atoms with Gasteiger partial charge in [0, 0.05) is 9.80 Å². The second-order valence-electron chi connectivity index (χ2n) is 14.9. The third-order valence-electron chi connectivity index (χ3n) is 11.4. The van der Waals surface area contributed by atoms with Gasteiger partial charge < -0.3 is 0 Å². The number of fused-ring (bicyclic) bond motifs is 5. The van der Waals surface area contributed by atoms with E-state index in [0.717, 1.165) is 89.0 Å². The highest BCUT2D eigenvalue weighted by Crippen LogP contribution is 2.56. The van der Waals surface area contributed by atoms with E-state index in [1.807, 2.05) is 24.3 Å². The molecule has 11 aromatic rings. The Bertz CT molecular complexity index is 3310. The van der Waals surface area contributed by atoms with E-state index in [4.69, 9.17) is 9.10 Å². The number of hydrogen-bond acceptors (Lipinski definition) is 1. The normalized spacial score (nSPS) is 12.4. The predicted molar refractivity (Wildman–Crippen MR) is 247 cm³/mol. The Morgan fingerprint density at radius 2 is 0.729 bits per heavy atom. The summed E-state index contributed by atoms with van der Waals surface area (Å²) in [6.07, 6.45) is 0. The van der Waals surface area contributed by atoms with Gasteiger partial charge in [0.2, 0.25) is 5.78 Å². The van der Waals surface area contributed by atoms with Crippen LogP contribution in [-0.2, 0) is 0 Å². The number of hydrogen-bond donors (Lipinski definition) is 0. The average molecular weight is 757 g/mol. The minimum Gasteiger partial charge on any atom is -0.278 e. The molecule has 0 N–H and O–H groups in total. The molecule has 0 fully saturated rings. The van der Waals surface area contributed by atoms with E-state index in [1.165, 1.54) is 0 Å². The van der Waals surface area contributed by atoms with E-state index < -0.39 is 6.85 Å². The SMILES string of the molecule is [2H]C([2H])([2H])c1cccc2c1nc1n(-c3cccc(-c4c(-c5ccccc5)c(-c5ccccc5)c(-c5ccccc5)c(-c5ccccc5)c4-c4ccccc4)c3)c3ccccc3n21. The number of imidazole rings is 2. The second-order valence-corrected chi connectivity index (χ2v) is 14.9. The highest BCUT2D eigenvalue weighted by molar-refractivity contribution is 6.15. The van der Waals surface area contributed by atoms with E-state index in [9.17, 15) is 0 Å². The molecule has 0 radical (unpaired) electrons. The quantitative estimate of drug-likeness (QED) is 0.159. The Kier molecular flexibility index (Phi) is 7.61. The monoisotopic (exact) mass is 756 g/mol. The van der Waals surface area contributed by atoms with Gasteiger partial charge in [0.15, 0.2) is 0 Å². The first kappa shape index (κ1) is 31.3. The summed E-state index contributed by atoms with van der Waals surface area (Å²) in [6.45, 7) is -2.32. The summed E-state index contributed by atoms with van der Waals surface area (Å²) >= 11 is 0. The fourth-order valence-corrected chi connectivity index (χ4v) is 8.99. The summed E-state index contributed by atoms with van der Waals surface area (Å²) in [5.74, 6) is 0.649. The lowest BCUT2D eigenvalue weighted by Crippen LogP contribution is -2.02. The van der Waals surface area contributed by atoms with Crippen LogP contribution in [0.25, 0.3) is 100 Å². The highest BCUT2D eigenvalue weighted by Gasteiger charge is 2.29. The van der Waals surface area contributed by atoms with E-state index in [0.29, 0.717) is 11.3 Å². The van der Waals surface area contributed by atoms with Crippen LogP contribution in [0.15, 0.2) is 218 Å². The van der Waals surface area contributed by atoms with Gasteiger partial charge in [0.05, 0.1) is 22.1 Å². The minimum absolute atomic E-state index is 0.239. The van der Waals surface area contributed by atoms with Gasteiger partial charge >= 0.3 is 0 Å². The van der Waals surface area contributed by atoms with Crippen molar-refractivity contribution in [2.45, 2.75) is 6.85 Å². The smallest absolute Gasteiger partial charge is 0.220 e. The van der Waals surface area contributed by atoms with Crippen LogP contribution >= 0.6 is 0 Å². The summed E-state index contributed by atoms with van der Waals surface area (Å²) in [4.78, 5) is 5.15. The Hall–Kier alpha value is -7.75. The van der Waals surface area contributed by atoms with Crippen molar-refractivity contribution in [2.75, 3.05) is 0 Å². The molecule has 0 aliphatic carbocycles. The van der Waals surface area contributed by atoms with Crippen LogP contribution in [0.3, 0.4) is 0 Å². The van der Waals surface area contributed by atoms with Gasteiger partial charge in [-0.15, -0.1) is 0 Å². The Balaban J connectivity index is 1.32. The molecule has 278 valence electrons. The number of aromatic nitrogens is 3. The van der Waals surface area contributed by atoms with Crippen LogP contribution in [-0.4, -0.2) is 14.0 Å². The number of para-hydroxylation sites is 3. The summed E-state index contributed by atoms with van der Waals surface area (Å²) in [5.41, 5.74) is 17.7. The molecular formula is C56H39N3. The first-order valence-electron chi connectivity index (χ1n) is 21.5. The fraction of sp³-hybridized carbons (Fsp3) is 0.0179. The molecule has 3 heteroatoms. The lowest BCUT2D eigenvalue weighted by atomic mass is 9.74. The standard InChI is InChI=1S/C56H39N3/c1-38-21-19-36-48-55(38)57-56-58(46-34-17-18-35-47(46)59(48)56)45-33-20-32-44(37-45)54-52(42-28-13-5-14-29-42)50(40-24-9-3-10-25-40)49(39-22-7-2-8-23-39)51(41-26-11-4-12-27-41)53(54)43-30-15-6-16-31-43/h2-37H,1H3/i1D3. The highest BCUT2D eigenvalue weighted by atomic mass is 15.2. The molecule has 0 bridgehead atoms. The van der Waals surface area contributed by atoms with Crippen LogP contribution < -0.4 is 0 Å². The number of nitrogens with zero attached hydrogens (tertiary/aromatic N) is 3. The Morgan fingerprint density at radius 1 is 0.356 bits per heavy atom. The second kappa shape index (κ2) is 14.3. The Morgan fingerprint density at radius 3 is 1.19 bits per heavy atom. The lowest BCUT2D eigenvalue weighted by Gasteiger charge is -2.29. The predicted octanol–water partition coefficient (Wildman–Crippen LogP) is 14.7. The van der Waals surface area contributed by atoms with Crippen molar-refractivity contribution in [1.29, 1.82) is 0 Å². The zero-order valence-electron chi connectivity index (χ0n) is 35.1. The molecule has 2 aromatic heterocycles. The average Bonchev–Trinajstić information content (AvgIpc) is 3.86. The summed E-state index contributed by atoms with van der Waals surface area (Å²) in [6, 6.07) is 76.4. The first-order chi connectivity index (χ1) is 30.5. The third kappa shape index (κ3) is 5.70. The molecule has 0 unspecified atom stereocenters. The van der Waals surface area contributed by atoms with Crippen LogP contribution in [0.2, 0.25) is 0 Å². The van der Waals surface area contributed by atoms with Gasteiger partial charge in [-0.25, -0.2) is 4.98 Å². The van der Waals surface area contributed by atoms with E-state index >= 15 is 0 Å². The maximum absolute atomic E-state index is 8.37. The van der Waals surface area contributed by atoms with Gasteiger partial charge in [0.25, 0.3) is 0 Å². The number of rotatable bonds is 7. The summed E-state index contributed by atoms with van der Waals surface area (Å²) in [5, 5.41) is 0. The fourth-order valence-electron chi connectivity index (χ4n) is 8.99. The van der Waals surface area contributed by atoms with Crippen molar-refractivity contribution in [1.82, 2.24) is 14.0 Å². The molecule has 0 saturated carbocycles. The van der Waals surface area contributed by atoms with E-state index in [2.05, 4.69) is 197 Å². The number of aryl methyl sites for hydroxylation is 1. The molecule has 59 heavy (non-hydrogen) atoms. The minimum atomic E-state index is -2.32. The van der Waals surface area contributed by atoms with E-state index in [-0.39, 0.29) is 5.56 Å². The van der Waals surface area contributed by atoms with Crippen molar-refractivity contribution in [3.63, 3.8) is 0 Å². The molecule has 0 aliphatic heterocycles. The Labute approximate surface area is 348 Å².